The van der Waals surface area contributed by atoms with E-state index in [2.05, 4.69) is 33.1 Å². The summed E-state index contributed by atoms with van der Waals surface area (Å²) in [7, 11) is 0. The minimum atomic E-state index is -0.197. The van der Waals surface area contributed by atoms with Crippen molar-refractivity contribution in [3.05, 3.63) is 46.3 Å². The fourth-order valence-corrected chi connectivity index (χ4v) is 2.02. The Morgan fingerprint density at radius 2 is 2.29 bits per heavy atom. The molecule has 1 aromatic rings. The van der Waals surface area contributed by atoms with Gasteiger partial charge in [0.15, 0.2) is 0 Å². The molecule has 1 nitrogen and oxygen atoms in total. The number of hydrogen-bond acceptors (Lipinski definition) is 1. The Morgan fingerprint density at radius 1 is 1.43 bits per heavy atom. The summed E-state index contributed by atoms with van der Waals surface area (Å²) in [6.07, 6.45) is 5.35. The smallest absolute Gasteiger partial charge is 0.124 e. The summed E-state index contributed by atoms with van der Waals surface area (Å²) >= 11 is 3.36. The zero-order valence-electron chi connectivity index (χ0n) is 7.71. The molecular formula is C11H11BrFN. The largest absolute Gasteiger partial charge is 0.373 e. The molecule has 2 rings (SSSR count). The van der Waals surface area contributed by atoms with Gasteiger partial charge in [-0.2, -0.15) is 0 Å². The Hall–Kier alpha value is -0.830. The minimum Gasteiger partial charge on any atom is -0.373 e. The van der Waals surface area contributed by atoms with Gasteiger partial charge in [0.25, 0.3) is 0 Å². The third kappa shape index (κ3) is 2.15. The third-order valence-corrected chi connectivity index (χ3v) is 3.03. The summed E-state index contributed by atoms with van der Waals surface area (Å²) in [5, 5.41) is 0. The first kappa shape index (κ1) is 9.71. The minimum absolute atomic E-state index is 0.197. The maximum Gasteiger partial charge on any atom is 0.124 e. The van der Waals surface area contributed by atoms with Crippen molar-refractivity contribution in [1.29, 1.82) is 0 Å². The molecule has 0 saturated heterocycles. The molecule has 0 amide bonds. The van der Waals surface area contributed by atoms with Crippen LogP contribution in [-0.2, 0) is 6.54 Å². The maximum absolute atomic E-state index is 12.8. The molecule has 1 aliphatic rings. The standard InChI is InChI=1S/C11H11BrFN/c12-11-7-10(13)4-3-9(11)8-14-5-1-2-6-14/h1,3-5,7H,2,6,8H2. The summed E-state index contributed by atoms with van der Waals surface area (Å²) in [6.45, 7) is 1.90. The predicted octanol–water partition coefficient (Wildman–Crippen LogP) is 3.31. The van der Waals surface area contributed by atoms with Gasteiger partial charge in [0.1, 0.15) is 5.82 Å². The van der Waals surface area contributed by atoms with Crippen LogP contribution < -0.4 is 0 Å². The van der Waals surface area contributed by atoms with E-state index in [0.717, 1.165) is 29.5 Å². The van der Waals surface area contributed by atoms with Crippen molar-refractivity contribution in [3.8, 4) is 0 Å². The second-order valence-electron chi connectivity index (χ2n) is 3.38. The highest BCUT2D eigenvalue weighted by Crippen LogP contribution is 2.20. The van der Waals surface area contributed by atoms with Crippen LogP contribution in [0.15, 0.2) is 34.9 Å². The van der Waals surface area contributed by atoms with E-state index in [1.807, 2.05) is 6.07 Å². The van der Waals surface area contributed by atoms with Crippen molar-refractivity contribution in [1.82, 2.24) is 4.90 Å². The maximum atomic E-state index is 12.8. The van der Waals surface area contributed by atoms with Gasteiger partial charge in [0.05, 0.1) is 0 Å². The molecular weight excluding hydrogens is 245 g/mol. The predicted molar refractivity (Wildman–Crippen MR) is 58.3 cm³/mol. The van der Waals surface area contributed by atoms with E-state index in [4.69, 9.17) is 0 Å². The van der Waals surface area contributed by atoms with Crippen LogP contribution >= 0.6 is 15.9 Å². The Bertz CT molecular complexity index is 362. The number of rotatable bonds is 2. The van der Waals surface area contributed by atoms with Gasteiger partial charge in [-0.05, 0) is 30.3 Å². The Morgan fingerprint density at radius 3 is 2.93 bits per heavy atom. The lowest BCUT2D eigenvalue weighted by atomic mass is 10.2. The van der Waals surface area contributed by atoms with Crippen LogP contribution in [-0.4, -0.2) is 11.4 Å². The van der Waals surface area contributed by atoms with Crippen molar-refractivity contribution >= 4 is 15.9 Å². The van der Waals surface area contributed by atoms with E-state index in [-0.39, 0.29) is 5.82 Å². The molecule has 74 valence electrons. The second kappa shape index (κ2) is 4.13. The normalized spacial score (nSPS) is 15.1. The second-order valence-corrected chi connectivity index (χ2v) is 4.23. The van der Waals surface area contributed by atoms with Gasteiger partial charge in [0.2, 0.25) is 0 Å². The molecule has 3 heteroatoms. The molecule has 0 atom stereocenters. The topological polar surface area (TPSA) is 3.24 Å². The van der Waals surface area contributed by atoms with Gasteiger partial charge in [-0.1, -0.05) is 28.1 Å². The van der Waals surface area contributed by atoms with E-state index in [1.54, 1.807) is 0 Å². The number of nitrogens with zero attached hydrogens (tertiary/aromatic N) is 1. The van der Waals surface area contributed by atoms with E-state index in [0.29, 0.717) is 0 Å². The SMILES string of the molecule is Fc1ccc(CN2C=CCC2)c(Br)c1. The molecule has 1 heterocycles. The molecule has 0 radical (unpaired) electrons. The van der Waals surface area contributed by atoms with Crippen LogP contribution in [0.3, 0.4) is 0 Å². The van der Waals surface area contributed by atoms with Crippen molar-refractivity contribution in [2.75, 3.05) is 6.54 Å². The highest BCUT2D eigenvalue weighted by Gasteiger charge is 2.07. The monoisotopic (exact) mass is 255 g/mol. The van der Waals surface area contributed by atoms with Crippen molar-refractivity contribution < 1.29 is 4.39 Å². The van der Waals surface area contributed by atoms with Gasteiger partial charge in [-0.15, -0.1) is 0 Å². The number of benzene rings is 1. The summed E-state index contributed by atoms with van der Waals surface area (Å²) in [6, 6.07) is 4.83. The number of hydrogen-bond donors (Lipinski definition) is 0. The molecule has 0 fully saturated rings. The zero-order valence-corrected chi connectivity index (χ0v) is 9.30. The van der Waals surface area contributed by atoms with Crippen LogP contribution in [0.5, 0.6) is 0 Å². The molecule has 0 aliphatic carbocycles. The summed E-state index contributed by atoms with van der Waals surface area (Å²) in [5.41, 5.74) is 1.12. The lowest BCUT2D eigenvalue weighted by Gasteiger charge is -2.16. The van der Waals surface area contributed by atoms with Gasteiger partial charge in [-0.25, -0.2) is 4.39 Å². The van der Waals surface area contributed by atoms with Crippen LogP contribution in [0, 0.1) is 5.82 Å². The molecule has 0 bridgehead atoms. The van der Waals surface area contributed by atoms with Gasteiger partial charge in [0, 0.05) is 17.6 Å². The average molecular weight is 256 g/mol. The van der Waals surface area contributed by atoms with Crippen molar-refractivity contribution in [2.45, 2.75) is 13.0 Å². The zero-order chi connectivity index (χ0) is 9.97. The lowest BCUT2D eigenvalue weighted by molar-refractivity contribution is 0.399. The lowest BCUT2D eigenvalue weighted by Crippen LogP contribution is -2.13. The quantitative estimate of drug-likeness (QED) is 0.784. The van der Waals surface area contributed by atoms with E-state index < -0.39 is 0 Å². The summed E-state index contributed by atoms with van der Waals surface area (Å²) in [5.74, 6) is -0.197. The fraction of sp³-hybridized carbons (Fsp3) is 0.273. The highest BCUT2D eigenvalue weighted by atomic mass is 79.9. The van der Waals surface area contributed by atoms with Crippen molar-refractivity contribution in [2.24, 2.45) is 0 Å². The van der Waals surface area contributed by atoms with Crippen LogP contribution in [0.25, 0.3) is 0 Å². The Labute approximate surface area is 91.4 Å². The third-order valence-electron chi connectivity index (χ3n) is 2.29. The van der Waals surface area contributed by atoms with Crippen molar-refractivity contribution in [3.63, 3.8) is 0 Å². The first-order valence-electron chi connectivity index (χ1n) is 4.60. The van der Waals surface area contributed by atoms with E-state index in [1.165, 1.54) is 12.1 Å². The van der Waals surface area contributed by atoms with E-state index in [9.17, 15) is 4.39 Å². The van der Waals surface area contributed by atoms with E-state index >= 15 is 0 Å². The molecule has 14 heavy (non-hydrogen) atoms. The highest BCUT2D eigenvalue weighted by molar-refractivity contribution is 9.10. The molecule has 0 aromatic heterocycles. The first-order valence-corrected chi connectivity index (χ1v) is 5.39. The van der Waals surface area contributed by atoms with Crippen LogP contribution in [0.1, 0.15) is 12.0 Å². The molecule has 0 saturated carbocycles. The molecule has 1 aliphatic heterocycles. The van der Waals surface area contributed by atoms with Gasteiger partial charge < -0.3 is 4.90 Å². The number of halogens is 2. The summed E-state index contributed by atoms with van der Waals surface area (Å²) < 4.78 is 13.6. The summed E-state index contributed by atoms with van der Waals surface area (Å²) in [4.78, 5) is 2.22. The van der Waals surface area contributed by atoms with Gasteiger partial charge in [-0.3, -0.25) is 0 Å². The first-order chi connectivity index (χ1) is 6.75. The van der Waals surface area contributed by atoms with Crippen LogP contribution in [0.2, 0.25) is 0 Å². The molecule has 1 aromatic carbocycles. The molecule has 0 N–H and O–H groups in total. The Balaban J connectivity index is 2.12. The Kier molecular flexibility index (Phi) is 2.87. The van der Waals surface area contributed by atoms with Gasteiger partial charge >= 0.3 is 0 Å². The fourth-order valence-electron chi connectivity index (χ4n) is 1.54. The van der Waals surface area contributed by atoms with Crippen LogP contribution in [0.4, 0.5) is 4.39 Å². The molecule has 0 spiro atoms. The molecule has 0 unspecified atom stereocenters. The average Bonchev–Trinajstić information content (AvgIpc) is 2.62.